The van der Waals surface area contributed by atoms with Gasteiger partial charge in [0.1, 0.15) is 0 Å². The maximum absolute atomic E-state index is 13.0. The summed E-state index contributed by atoms with van der Waals surface area (Å²) in [4.78, 5) is 17.3. The number of carbonyl (C=O) groups excluding carboxylic acids is 1. The van der Waals surface area contributed by atoms with Crippen molar-refractivity contribution in [1.82, 2.24) is 9.80 Å². The van der Waals surface area contributed by atoms with Crippen LogP contribution in [0.25, 0.3) is 0 Å². The molecule has 4 heteroatoms. The smallest absolute Gasteiger partial charge is 0.240 e. The molecule has 1 amide bonds. The van der Waals surface area contributed by atoms with Crippen LogP contribution in [-0.2, 0) is 4.79 Å². The second kappa shape index (κ2) is 7.90. The first-order valence-electron chi connectivity index (χ1n) is 8.42. The van der Waals surface area contributed by atoms with Crippen molar-refractivity contribution in [2.75, 3.05) is 31.9 Å². The van der Waals surface area contributed by atoms with Crippen LogP contribution in [0.2, 0.25) is 0 Å². The minimum Gasteiger partial charge on any atom is -0.339 e. The Labute approximate surface area is 143 Å². The second-order valence-electron chi connectivity index (χ2n) is 6.24. The number of piperidine rings is 1. The summed E-state index contributed by atoms with van der Waals surface area (Å²) in [7, 11) is 0. The third-order valence-corrected chi connectivity index (χ3v) is 5.98. The van der Waals surface area contributed by atoms with E-state index in [0.29, 0.717) is 11.8 Å². The molecule has 0 saturated carbocycles. The lowest BCUT2D eigenvalue weighted by molar-refractivity contribution is -0.137. The number of terminal acetylenes is 1. The summed E-state index contributed by atoms with van der Waals surface area (Å²) in [6, 6.07) is 10.5. The molecule has 2 fully saturated rings. The molecular weight excluding hydrogens is 304 g/mol. The molecule has 1 aromatic rings. The molecule has 0 aliphatic carbocycles. The monoisotopic (exact) mass is 328 g/mol. The molecule has 2 aliphatic rings. The first kappa shape index (κ1) is 16.4. The quantitative estimate of drug-likeness (QED) is 0.797. The first-order valence-corrected chi connectivity index (χ1v) is 9.47. The van der Waals surface area contributed by atoms with Crippen molar-refractivity contribution < 1.29 is 4.79 Å². The Kier molecular flexibility index (Phi) is 5.64. The third kappa shape index (κ3) is 3.91. The number of carbonyl (C=O) groups is 1. The number of thioether (sulfide) groups is 1. The third-order valence-electron chi connectivity index (χ3n) is 4.74. The van der Waals surface area contributed by atoms with Crippen LogP contribution in [-0.4, -0.2) is 53.7 Å². The zero-order valence-electron chi connectivity index (χ0n) is 13.5. The van der Waals surface area contributed by atoms with Crippen molar-refractivity contribution in [2.24, 2.45) is 0 Å². The molecule has 2 atom stereocenters. The molecule has 3 nitrogen and oxygen atoms in total. The number of likely N-dealkylation sites (tertiary alicyclic amines) is 1. The van der Waals surface area contributed by atoms with Gasteiger partial charge in [0, 0.05) is 24.1 Å². The van der Waals surface area contributed by atoms with E-state index in [2.05, 4.69) is 40.0 Å². The zero-order chi connectivity index (χ0) is 16.1. The predicted octanol–water partition coefficient (Wildman–Crippen LogP) is 2.79. The van der Waals surface area contributed by atoms with Gasteiger partial charge < -0.3 is 4.90 Å². The number of hydrogen-bond acceptors (Lipinski definition) is 3. The van der Waals surface area contributed by atoms with Crippen LogP contribution in [0.4, 0.5) is 0 Å². The van der Waals surface area contributed by atoms with E-state index in [9.17, 15) is 4.79 Å². The van der Waals surface area contributed by atoms with Crippen LogP contribution in [0.1, 0.15) is 30.1 Å². The molecule has 0 aromatic heterocycles. The number of nitrogens with zero attached hydrogens (tertiary/aromatic N) is 2. The Bertz CT molecular complexity index is 568. The zero-order valence-corrected chi connectivity index (χ0v) is 14.3. The molecule has 122 valence electrons. The van der Waals surface area contributed by atoms with Gasteiger partial charge in [-0.25, -0.2) is 0 Å². The standard InChI is InChI=1S/C19H24N2OS/c1-2-11-20-12-7-6-10-17(20)19(22)21-13-14-23-18(15-21)16-8-4-3-5-9-16/h1,3-5,8-9,17-18H,6-7,10-15H2/t17-,18+/m1/s1. The second-order valence-corrected chi connectivity index (χ2v) is 7.55. The molecule has 2 heterocycles. The Morgan fingerprint density at radius 2 is 2.09 bits per heavy atom. The lowest BCUT2D eigenvalue weighted by Crippen LogP contribution is -2.53. The lowest BCUT2D eigenvalue weighted by Gasteiger charge is -2.39. The van der Waals surface area contributed by atoms with E-state index in [0.717, 1.165) is 44.6 Å². The van der Waals surface area contributed by atoms with Crippen LogP contribution in [0, 0.1) is 12.3 Å². The molecule has 2 aliphatic heterocycles. The van der Waals surface area contributed by atoms with E-state index in [1.807, 2.05) is 17.8 Å². The molecule has 0 unspecified atom stereocenters. The largest absolute Gasteiger partial charge is 0.339 e. The van der Waals surface area contributed by atoms with Gasteiger partial charge in [0.2, 0.25) is 5.91 Å². The minimum absolute atomic E-state index is 0.0145. The van der Waals surface area contributed by atoms with Gasteiger partial charge in [0.05, 0.1) is 12.6 Å². The molecular formula is C19H24N2OS. The normalized spacial score (nSPS) is 25.8. The summed E-state index contributed by atoms with van der Waals surface area (Å²) in [6.07, 6.45) is 8.70. The van der Waals surface area contributed by atoms with Crippen LogP contribution in [0.5, 0.6) is 0 Å². The fraction of sp³-hybridized carbons (Fsp3) is 0.526. The number of amides is 1. The van der Waals surface area contributed by atoms with E-state index < -0.39 is 0 Å². The molecule has 0 spiro atoms. The summed E-state index contributed by atoms with van der Waals surface area (Å²) in [5.41, 5.74) is 1.32. The van der Waals surface area contributed by atoms with E-state index in [1.54, 1.807) is 0 Å². The lowest BCUT2D eigenvalue weighted by atomic mass is 10.0. The van der Waals surface area contributed by atoms with Crippen molar-refractivity contribution >= 4 is 17.7 Å². The summed E-state index contributed by atoms with van der Waals surface area (Å²) in [6.45, 7) is 3.20. The maximum atomic E-state index is 13.0. The van der Waals surface area contributed by atoms with Crippen molar-refractivity contribution in [1.29, 1.82) is 0 Å². The van der Waals surface area contributed by atoms with E-state index in [-0.39, 0.29) is 11.9 Å². The summed E-state index contributed by atoms with van der Waals surface area (Å²) < 4.78 is 0. The van der Waals surface area contributed by atoms with Gasteiger partial charge in [-0.1, -0.05) is 42.7 Å². The molecule has 1 aromatic carbocycles. The number of benzene rings is 1. The van der Waals surface area contributed by atoms with Crippen molar-refractivity contribution in [3.63, 3.8) is 0 Å². The topological polar surface area (TPSA) is 23.6 Å². The fourth-order valence-corrected chi connectivity index (χ4v) is 4.75. The first-order chi connectivity index (χ1) is 11.3. The van der Waals surface area contributed by atoms with Crippen LogP contribution >= 0.6 is 11.8 Å². The van der Waals surface area contributed by atoms with Crippen molar-refractivity contribution in [3.05, 3.63) is 35.9 Å². The summed E-state index contributed by atoms with van der Waals surface area (Å²) >= 11 is 1.96. The Hall–Kier alpha value is -1.44. The fourth-order valence-electron chi connectivity index (χ4n) is 3.51. The highest BCUT2D eigenvalue weighted by atomic mass is 32.2. The van der Waals surface area contributed by atoms with Crippen LogP contribution < -0.4 is 0 Å². The highest BCUT2D eigenvalue weighted by molar-refractivity contribution is 7.99. The van der Waals surface area contributed by atoms with Gasteiger partial charge in [0.15, 0.2) is 0 Å². The summed E-state index contributed by atoms with van der Waals surface area (Å²) in [5.74, 6) is 4.00. The molecule has 0 radical (unpaired) electrons. The van der Waals surface area contributed by atoms with Gasteiger partial charge in [-0.15, -0.1) is 6.42 Å². The van der Waals surface area contributed by atoms with E-state index in [4.69, 9.17) is 6.42 Å². The average molecular weight is 328 g/mol. The molecule has 0 bridgehead atoms. The Balaban J connectivity index is 1.68. The van der Waals surface area contributed by atoms with Crippen LogP contribution in [0.15, 0.2) is 30.3 Å². The van der Waals surface area contributed by atoms with Crippen LogP contribution in [0.3, 0.4) is 0 Å². The average Bonchev–Trinajstić information content (AvgIpc) is 2.63. The number of hydrogen-bond donors (Lipinski definition) is 0. The summed E-state index contributed by atoms with van der Waals surface area (Å²) in [5, 5.41) is 0.388. The Morgan fingerprint density at radius 3 is 2.87 bits per heavy atom. The van der Waals surface area contributed by atoms with E-state index in [1.165, 1.54) is 5.56 Å². The minimum atomic E-state index is -0.0145. The molecule has 23 heavy (non-hydrogen) atoms. The Morgan fingerprint density at radius 1 is 1.26 bits per heavy atom. The van der Waals surface area contributed by atoms with Crippen molar-refractivity contribution in [2.45, 2.75) is 30.6 Å². The molecule has 2 saturated heterocycles. The predicted molar refractivity (Wildman–Crippen MR) is 96.3 cm³/mol. The highest BCUT2D eigenvalue weighted by Gasteiger charge is 2.34. The van der Waals surface area contributed by atoms with E-state index >= 15 is 0 Å². The molecule has 0 N–H and O–H groups in total. The van der Waals surface area contributed by atoms with Gasteiger partial charge in [0.25, 0.3) is 0 Å². The van der Waals surface area contributed by atoms with Gasteiger partial charge >= 0.3 is 0 Å². The van der Waals surface area contributed by atoms with Gasteiger partial charge in [-0.3, -0.25) is 9.69 Å². The van der Waals surface area contributed by atoms with Gasteiger partial charge in [-0.2, -0.15) is 11.8 Å². The molecule has 3 rings (SSSR count). The number of rotatable bonds is 3. The van der Waals surface area contributed by atoms with Crippen molar-refractivity contribution in [3.8, 4) is 12.3 Å². The SMILES string of the molecule is C#CCN1CCCC[C@@H]1C(=O)N1CCS[C@H](c2ccccc2)C1. The maximum Gasteiger partial charge on any atom is 0.240 e. The van der Waals surface area contributed by atoms with Gasteiger partial charge in [-0.05, 0) is 24.9 Å². The highest BCUT2D eigenvalue weighted by Crippen LogP contribution is 2.33.